The lowest BCUT2D eigenvalue weighted by Gasteiger charge is -2.50. The van der Waals surface area contributed by atoms with E-state index in [0.29, 0.717) is 4.48 Å². The molecule has 0 radical (unpaired) electrons. The van der Waals surface area contributed by atoms with Crippen LogP contribution in [0.2, 0.25) is 0 Å². The van der Waals surface area contributed by atoms with Crippen molar-refractivity contribution >= 4 is 17.6 Å². The van der Waals surface area contributed by atoms with Crippen molar-refractivity contribution in [2.24, 2.45) is 0 Å². The molecular weight excluding hydrogens is 334 g/mol. The molecule has 9 heteroatoms. The first-order valence-electron chi connectivity index (χ1n) is 7.89. The molecule has 0 saturated heterocycles. The van der Waals surface area contributed by atoms with Crippen molar-refractivity contribution < 1.29 is 31.0 Å². The van der Waals surface area contributed by atoms with Crippen LogP contribution in [0.4, 0.5) is 0 Å². The molecule has 0 aromatic rings. The Morgan fingerprint density at radius 1 is 0.609 bits per heavy atom. The second-order valence-electron chi connectivity index (χ2n) is 5.91. The highest BCUT2D eigenvalue weighted by molar-refractivity contribution is 6.63. The Labute approximate surface area is 144 Å². The van der Waals surface area contributed by atoms with E-state index in [1.807, 2.05) is 0 Å². The molecular formula is C14H36NO6Si2+. The molecule has 0 aromatic carbocycles. The van der Waals surface area contributed by atoms with Crippen molar-refractivity contribution in [3.63, 3.8) is 0 Å². The first-order chi connectivity index (χ1) is 10.7. The van der Waals surface area contributed by atoms with Gasteiger partial charge in [0.15, 0.2) is 11.3 Å². The third-order valence-corrected chi connectivity index (χ3v) is 12.1. The monoisotopic (exact) mass is 370 g/mol. The van der Waals surface area contributed by atoms with Crippen molar-refractivity contribution in [2.45, 2.75) is 38.0 Å². The summed E-state index contributed by atoms with van der Waals surface area (Å²) in [4.78, 5) is 0. The van der Waals surface area contributed by atoms with E-state index >= 15 is 0 Å². The smallest absolute Gasteiger partial charge is 0.373 e. The van der Waals surface area contributed by atoms with Crippen molar-refractivity contribution in [3.05, 3.63) is 0 Å². The van der Waals surface area contributed by atoms with Gasteiger partial charge in [-0.3, -0.25) is 0 Å². The molecule has 2 unspecified atom stereocenters. The van der Waals surface area contributed by atoms with E-state index in [1.165, 1.54) is 0 Å². The highest BCUT2D eigenvalue weighted by atomic mass is 28.4. The Morgan fingerprint density at radius 2 is 0.826 bits per heavy atom. The van der Waals surface area contributed by atoms with Crippen LogP contribution in [-0.2, 0) is 26.6 Å². The number of hydrogen-bond donors (Lipinski definition) is 0. The van der Waals surface area contributed by atoms with Crippen LogP contribution in [0.25, 0.3) is 0 Å². The largest absolute Gasteiger partial charge is 0.561 e. The van der Waals surface area contributed by atoms with Gasteiger partial charge in [0.2, 0.25) is 0 Å². The molecule has 0 amide bonds. The van der Waals surface area contributed by atoms with Crippen LogP contribution in [-0.4, -0.2) is 90.2 Å². The highest BCUT2D eigenvalue weighted by Crippen LogP contribution is 2.32. The minimum absolute atomic E-state index is 0.0276. The van der Waals surface area contributed by atoms with Crippen LogP contribution in [0.5, 0.6) is 0 Å². The van der Waals surface area contributed by atoms with Crippen LogP contribution < -0.4 is 0 Å². The zero-order valence-corrected chi connectivity index (χ0v) is 18.5. The van der Waals surface area contributed by atoms with E-state index in [9.17, 15) is 0 Å². The van der Waals surface area contributed by atoms with Gasteiger partial charge in [-0.1, -0.05) is 13.8 Å². The molecule has 0 aliphatic carbocycles. The molecule has 0 saturated carbocycles. The van der Waals surface area contributed by atoms with Crippen LogP contribution in [0.15, 0.2) is 0 Å². The summed E-state index contributed by atoms with van der Waals surface area (Å²) in [5, 5.41) is 0. The first-order valence-corrected chi connectivity index (χ1v) is 11.5. The Bertz CT molecular complexity index is 291. The van der Waals surface area contributed by atoms with Crippen molar-refractivity contribution in [2.75, 3.05) is 56.8 Å². The summed E-state index contributed by atoms with van der Waals surface area (Å²) in [6, 6.07) is 0. The normalized spacial score (nSPS) is 16.4. The minimum Gasteiger partial charge on any atom is -0.373 e. The first kappa shape index (κ1) is 23.2. The number of rotatable bonds is 12. The van der Waals surface area contributed by atoms with Gasteiger partial charge in [-0.15, -0.1) is 0 Å². The summed E-state index contributed by atoms with van der Waals surface area (Å²) in [6.45, 7) is 4.23. The molecule has 0 aliphatic heterocycles. The summed E-state index contributed by atoms with van der Waals surface area (Å²) in [5.41, 5.74) is 0.0551. The zero-order valence-electron chi connectivity index (χ0n) is 16.5. The average molecular weight is 371 g/mol. The predicted octanol–water partition coefficient (Wildman–Crippen LogP) is 1.45. The van der Waals surface area contributed by atoms with Gasteiger partial charge >= 0.3 is 17.6 Å². The van der Waals surface area contributed by atoms with Crippen molar-refractivity contribution in [1.29, 1.82) is 0 Å². The molecule has 23 heavy (non-hydrogen) atoms. The van der Waals surface area contributed by atoms with Gasteiger partial charge in [0.25, 0.3) is 0 Å². The molecule has 2 atom stereocenters. The van der Waals surface area contributed by atoms with Gasteiger partial charge in [-0.2, -0.15) is 0 Å². The van der Waals surface area contributed by atoms with Gasteiger partial charge in [0, 0.05) is 55.5 Å². The lowest BCUT2D eigenvalue weighted by atomic mass is 10.3. The van der Waals surface area contributed by atoms with Gasteiger partial charge in [-0.25, -0.2) is 0 Å². The zero-order chi connectivity index (χ0) is 18.3. The standard InChI is InChI=1S/C14H36NO6Si2/c1-11-13(22(16-5,17-6)18-7)15(3,4)14(12-2)23(19-8,20-9)21-10/h13-14H,11-12H2,1-10H3/q+1. The SMILES string of the molecule is CCC([N+](C)(C)C(CC)[Si](OC)(OC)OC)[Si](OC)(OC)OC. The molecule has 0 spiro atoms. The summed E-state index contributed by atoms with van der Waals surface area (Å²) in [7, 11) is 8.47. The predicted molar refractivity (Wildman–Crippen MR) is 93.8 cm³/mol. The van der Waals surface area contributed by atoms with E-state index < -0.39 is 17.6 Å². The summed E-state index contributed by atoms with van der Waals surface area (Å²) in [6.07, 6.45) is 1.68. The Hall–Kier alpha value is 0.154. The van der Waals surface area contributed by atoms with E-state index in [1.54, 1.807) is 42.7 Å². The number of quaternary nitrogens is 1. The third-order valence-electron chi connectivity index (χ3n) is 4.90. The van der Waals surface area contributed by atoms with Crippen molar-refractivity contribution in [1.82, 2.24) is 0 Å². The van der Waals surface area contributed by atoms with Gasteiger partial charge < -0.3 is 31.0 Å². The lowest BCUT2D eigenvalue weighted by Crippen LogP contribution is -2.75. The van der Waals surface area contributed by atoms with Crippen LogP contribution in [0, 0.1) is 0 Å². The maximum absolute atomic E-state index is 5.76. The fraction of sp³-hybridized carbons (Fsp3) is 1.00. The summed E-state index contributed by atoms with van der Waals surface area (Å²) >= 11 is 0. The number of nitrogens with zero attached hydrogens (tertiary/aromatic N) is 1. The maximum Gasteiger partial charge on any atom is 0.561 e. The minimum atomic E-state index is -2.85. The average Bonchev–Trinajstić information content (AvgIpc) is 2.57. The van der Waals surface area contributed by atoms with E-state index in [2.05, 4.69) is 27.9 Å². The molecule has 0 bridgehead atoms. The van der Waals surface area contributed by atoms with Crippen molar-refractivity contribution in [3.8, 4) is 0 Å². The molecule has 7 nitrogen and oxygen atoms in total. The number of hydrogen-bond acceptors (Lipinski definition) is 6. The quantitative estimate of drug-likeness (QED) is 0.383. The highest BCUT2D eigenvalue weighted by Gasteiger charge is 2.64. The molecule has 0 aromatic heterocycles. The topological polar surface area (TPSA) is 55.4 Å². The second kappa shape index (κ2) is 9.59. The molecule has 0 heterocycles. The van der Waals surface area contributed by atoms with E-state index in [0.717, 1.165) is 12.8 Å². The maximum atomic E-state index is 5.76. The third kappa shape index (κ3) is 4.22. The summed E-state index contributed by atoms with van der Waals surface area (Å²) < 4.78 is 35.1. The molecule has 0 N–H and O–H groups in total. The van der Waals surface area contributed by atoms with Crippen LogP contribution in [0.1, 0.15) is 26.7 Å². The van der Waals surface area contributed by atoms with Crippen LogP contribution >= 0.6 is 0 Å². The molecule has 140 valence electrons. The van der Waals surface area contributed by atoms with Crippen LogP contribution in [0.3, 0.4) is 0 Å². The summed E-state index contributed by atoms with van der Waals surface area (Å²) in [5.74, 6) is 0. The van der Waals surface area contributed by atoms with Gasteiger partial charge in [-0.05, 0) is 0 Å². The van der Waals surface area contributed by atoms with E-state index in [4.69, 9.17) is 26.6 Å². The Balaban J connectivity index is 6.03. The Kier molecular flexibility index (Phi) is 9.65. The van der Waals surface area contributed by atoms with E-state index in [-0.39, 0.29) is 11.3 Å². The lowest BCUT2D eigenvalue weighted by molar-refractivity contribution is -0.921. The Morgan fingerprint density at radius 3 is 0.957 bits per heavy atom. The second-order valence-corrected chi connectivity index (χ2v) is 12.1. The van der Waals surface area contributed by atoms with Gasteiger partial charge in [0.1, 0.15) is 0 Å². The fourth-order valence-electron chi connectivity index (χ4n) is 3.79. The molecule has 0 rings (SSSR count). The fourth-order valence-corrected chi connectivity index (χ4v) is 9.56. The van der Waals surface area contributed by atoms with Gasteiger partial charge in [0.05, 0.1) is 14.1 Å². The molecule has 0 aliphatic rings. The molecule has 0 fully saturated rings.